The number of carboxylic acid groups (broad SMARTS) is 1. The molecule has 0 aromatic carbocycles. The second kappa shape index (κ2) is 2.64. The number of aliphatic carboxylic acids is 1. The van der Waals surface area contributed by atoms with Crippen LogP contribution < -0.4 is 5.32 Å². The van der Waals surface area contributed by atoms with Crippen molar-refractivity contribution in [1.82, 2.24) is 5.32 Å². The van der Waals surface area contributed by atoms with E-state index in [1.54, 1.807) is 0 Å². The first kappa shape index (κ1) is 8.81. The molecule has 2 rings (SSSR count). The van der Waals surface area contributed by atoms with Crippen LogP contribution in [0.15, 0.2) is 0 Å². The molecular weight excluding hydrogens is 166 g/mol. The van der Waals surface area contributed by atoms with Crippen LogP contribution in [0.25, 0.3) is 0 Å². The third kappa shape index (κ3) is 1.12. The Hall–Kier alpha value is -0.280. The molecule has 4 heteroatoms. The van der Waals surface area contributed by atoms with E-state index in [2.05, 4.69) is 5.32 Å². The van der Waals surface area contributed by atoms with Crippen molar-refractivity contribution in [2.75, 3.05) is 13.1 Å². The smallest absolute Gasteiger partial charge is 0.311 e. The Bertz CT molecular complexity index is 185. The number of carbonyl (C=O) groups is 1. The predicted octanol–water partition coefficient (Wildman–Crippen LogP) is 0.492. The van der Waals surface area contributed by atoms with Gasteiger partial charge in [0.05, 0.1) is 5.41 Å². The number of fused-ring (bicyclic) bond motifs is 1. The minimum atomic E-state index is -0.607. The highest BCUT2D eigenvalue weighted by Crippen LogP contribution is 2.55. The van der Waals surface area contributed by atoms with E-state index in [-0.39, 0.29) is 17.8 Å². The van der Waals surface area contributed by atoms with Crippen molar-refractivity contribution in [3.8, 4) is 0 Å². The first-order valence-corrected chi connectivity index (χ1v) is 3.70. The molecule has 0 radical (unpaired) electrons. The summed E-state index contributed by atoms with van der Waals surface area (Å²) in [5, 5.41) is 11.9. The first-order valence-electron chi connectivity index (χ1n) is 3.70. The zero-order valence-electron chi connectivity index (χ0n) is 6.17. The lowest BCUT2D eigenvalue weighted by Gasteiger charge is -2.18. The lowest BCUT2D eigenvalue weighted by Crippen LogP contribution is -2.36. The molecule has 2 aliphatic rings. The summed E-state index contributed by atoms with van der Waals surface area (Å²) in [5.74, 6) is -0.129. The second-order valence-corrected chi connectivity index (χ2v) is 3.33. The monoisotopic (exact) mass is 177 g/mol. The Morgan fingerprint density at radius 3 is 2.82 bits per heavy atom. The van der Waals surface area contributed by atoms with E-state index in [0.717, 1.165) is 19.4 Å². The molecule has 2 N–H and O–H groups in total. The molecule has 0 spiro atoms. The standard InChI is InChI=1S/C7H11NO2.ClH/c9-6(10)7-3-5(7)1-2-8-4-7;/h5,8H,1-4H2,(H,9,10);1H/t5-,7+;/m0./s1. The highest BCUT2D eigenvalue weighted by molar-refractivity contribution is 5.85. The van der Waals surface area contributed by atoms with Crippen LogP contribution in [0.5, 0.6) is 0 Å². The number of hydrogen-bond donors (Lipinski definition) is 2. The van der Waals surface area contributed by atoms with E-state index in [1.807, 2.05) is 0 Å². The Labute approximate surface area is 71.6 Å². The van der Waals surface area contributed by atoms with Crippen molar-refractivity contribution >= 4 is 18.4 Å². The molecule has 1 heterocycles. The Morgan fingerprint density at radius 2 is 2.36 bits per heavy atom. The molecule has 2 atom stereocenters. The molecule has 11 heavy (non-hydrogen) atoms. The van der Waals surface area contributed by atoms with Crippen molar-refractivity contribution in [1.29, 1.82) is 0 Å². The third-order valence-corrected chi connectivity index (χ3v) is 2.77. The van der Waals surface area contributed by atoms with Crippen molar-refractivity contribution in [2.45, 2.75) is 12.8 Å². The molecule has 64 valence electrons. The molecule has 0 unspecified atom stereocenters. The molecule has 3 nitrogen and oxygen atoms in total. The number of carboxylic acids is 1. The Balaban J connectivity index is 0.000000605. The Morgan fingerprint density at radius 1 is 1.64 bits per heavy atom. The van der Waals surface area contributed by atoms with E-state index in [0.29, 0.717) is 12.5 Å². The number of piperidine rings is 1. The summed E-state index contributed by atoms with van der Waals surface area (Å²) in [4.78, 5) is 10.7. The average Bonchev–Trinajstić information content (AvgIpc) is 2.61. The second-order valence-electron chi connectivity index (χ2n) is 3.33. The van der Waals surface area contributed by atoms with Crippen LogP contribution in [0, 0.1) is 11.3 Å². The van der Waals surface area contributed by atoms with Gasteiger partial charge in [0.25, 0.3) is 0 Å². The largest absolute Gasteiger partial charge is 0.481 e. The first-order chi connectivity index (χ1) is 4.76. The molecule has 0 amide bonds. The van der Waals surface area contributed by atoms with Gasteiger partial charge in [-0.15, -0.1) is 12.4 Å². The fourth-order valence-corrected chi connectivity index (χ4v) is 1.90. The van der Waals surface area contributed by atoms with Crippen LogP contribution >= 0.6 is 12.4 Å². The van der Waals surface area contributed by atoms with Crippen molar-refractivity contribution in [2.24, 2.45) is 11.3 Å². The minimum Gasteiger partial charge on any atom is -0.481 e. The van der Waals surface area contributed by atoms with Gasteiger partial charge in [-0.25, -0.2) is 0 Å². The maximum atomic E-state index is 10.7. The summed E-state index contributed by atoms with van der Waals surface area (Å²) in [6.07, 6.45) is 1.95. The van der Waals surface area contributed by atoms with Crippen LogP contribution in [-0.4, -0.2) is 24.2 Å². The van der Waals surface area contributed by atoms with Crippen molar-refractivity contribution in [3.63, 3.8) is 0 Å². The summed E-state index contributed by atoms with van der Waals surface area (Å²) >= 11 is 0. The topological polar surface area (TPSA) is 49.3 Å². The van der Waals surface area contributed by atoms with Crippen LogP contribution in [0.4, 0.5) is 0 Å². The number of nitrogens with one attached hydrogen (secondary N) is 1. The summed E-state index contributed by atoms with van der Waals surface area (Å²) in [6, 6.07) is 0. The van der Waals surface area contributed by atoms with Gasteiger partial charge in [-0.1, -0.05) is 0 Å². The quantitative estimate of drug-likeness (QED) is 0.613. The normalized spacial score (nSPS) is 40.2. The highest BCUT2D eigenvalue weighted by Gasteiger charge is 2.60. The number of rotatable bonds is 1. The molecule has 0 bridgehead atoms. The van der Waals surface area contributed by atoms with Gasteiger partial charge in [0.1, 0.15) is 0 Å². The van der Waals surface area contributed by atoms with Crippen LogP contribution in [0.2, 0.25) is 0 Å². The van der Waals surface area contributed by atoms with Crippen LogP contribution in [0.3, 0.4) is 0 Å². The molecule has 0 aromatic heterocycles. The number of hydrogen-bond acceptors (Lipinski definition) is 2. The summed E-state index contributed by atoms with van der Waals surface area (Å²) in [6.45, 7) is 1.69. The van der Waals surface area contributed by atoms with E-state index < -0.39 is 5.97 Å². The van der Waals surface area contributed by atoms with Crippen LogP contribution in [-0.2, 0) is 4.79 Å². The summed E-state index contributed by atoms with van der Waals surface area (Å²) in [5.41, 5.74) is -0.349. The van der Waals surface area contributed by atoms with Gasteiger partial charge in [0.15, 0.2) is 0 Å². The Kier molecular flexibility index (Phi) is 2.12. The molecule has 1 saturated heterocycles. The van der Waals surface area contributed by atoms with E-state index in [9.17, 15) is 4.79 Å². The van der Waals surface area contributed by atoms with Gasteiger partial charge >= 0.3 is 5.97 Å². The molecule has 1 aliphatic heterocycles. The zero-order chi connectivity index (χ0) is 7.19. The van der Waals surface area contributed by atoms with E-state index in [1.165, 1.54) is 0 Å². The van der Waals surface area contributed by atoms with Gasteiger partial charge in [0, 0.05) is 6.54 Å². The molecule has 1 saturated carbocycles. The van der Waals surface area contributed by atoms with Gasteiger partial charge < -0.3 is 10.4 Å². The van der Waals surface area contributed by atoms with Crippen LogP contribution in [0.1, 0.15) is 12.8 Å². The number of halogens is 1. The molecule has 2 fully saturated rings. The summed E-state index contributed by atoms with van der Waals surface area (Å²) in [7, 11) is 0. The average molecular weight is 178 g/mol. The minimum absolute atomic E-state index is 0. The highest BCUT2D eigenvalue weighted by atomic mass is 35.5. The maximum absolute atomic E-state index is 10.7. The van der Waals surface area contributed by atoms with Gasteiger partial charge in [-0.3, -0.25) is 4.79 Å². The SMILES string of the molecule is Cl.O=C(O)[C@]12CNCC[C@H]1C2. The molecular formula is C7H12ClNO2. The lowest BCUT2D eigenvalue weighted by molar-refractivity contribution is -0.144. The summed E-state index contributed by atoms with van der Waals surface area (Å²) < 4.78 is 0. The lowest BCUT2D eigenvalue weighted by atomic mass is 9.99. The van der Waals surface area contributed by atoms with Gasteiger partial charge in [-0.2, -0.15) is 0 Å². The fourth-order valence-electron chi connectivity index (χ4n) is 1.90. The van der Waals surface area contributed by atoms with E-state index in [4.69, 9.17) is 5.11 Å². The zero-order valence-corrected chi connectivity index (χ0v) is 6.99. The van der Waals surface area contributed by atoms with Crippen molar-refractivity contribution in [3.05, 3.63) is 0 Å². The molecule has 0 aromatic rings. The third-order valence-electron chi connectivity index (χ3n) is 2.77. The van der Waals surface area contributed by atoms with Crippen molar-refractivity contribution < 1.29 is 9.90 Å². The fraction of sp³-hybridized carbons (Fsp3) is 0.857. The van der Waals surface area contributed by atoms with E-state index >= 15 is 0 Å². The van der Waals surface area contributed by atoms with Gasteiger partial charge in [0.2, 0.25) is 0 Å². The molecule has 1 aliphatic carbocycles. The maximum Gasteiger partial charge on any atom is 0.311 e. The van der Waals surface area contributed by atoms with Gasteiger partial charge in [-0.05, 0) is 25.3 Å². The predicted molar refractivity (Wildman–Crippen MR) is 42.9 cm³/mol.